The molecule has 0 saturated carbocycles. The fraction of sp³-hybridized carbons (Fsp3) is 0.438. The normalized spacial score (nSPS) is 9.87. The first-order chi connectivity index (χ1) is 10.9. The van der Waals surface area contributed by atoms with Gasteiger partial charge in [-0.25, -0.2) is 0 Å². The molecule has 0 atom stereocenters. The van der Waals surface area contributed by atoms with Gasteiger partial charge in [-0.1, -0.05) is 12.1 Å². The molecule has 23 heavy (non-hydrogen) atoms. The van der Waals surface area contributed by atoms with Crippen LogP contribution in [0, 0.1) is 13.8 Å². The largest absolute Gasteiger partial charge is 0.483 e. The average molecular weight is 322 g/mol. The van der Waals surface area contributed by atoms with Crippen molar-refractivity contribution in [3.8, 4) is 5.75 Å². The van der Waals surface area contributed by atoms with Crippen LogP contribution in [0.25, 0.3) is 0 Å². The highest BCUT2D eigenvalue weighted by molar-refractivity contribution is 5.84. The number of benzene rings is 1. The summed E-state index contributed by atoms with van der Waals surface area (Å²) < 4.78 is 10.1. The lowest BCUT2D eigenvalue weighted by molar-refractivity contribution is -0.144. The Hall–Kier alpha value is -2.57. The van der Waals surface area contributed by atoms with Crippen molar-refractivity contribution in [3.05, 3.63) is 29.3 Å². The molecule has 0 heterocycles. The van der Waals surface area contributed by atoms with Gasteiger partial charge < -0.3 is 9.47 Å². The molecule has 1 rings (SSSR count). The number of amides is 2. The molecular formula is C16H22N2O5. The van der Waals surface area contributed by atoms with Crippen LogP contribution in [0.3, 0.4) is 0 Å². The van der Waals surface area contributed by atoms with Crippen molar-refractivity contribution in [2.45, 2.75) is 33.6 Å². The number of hydrazine groups is 1. The van der Waals surface area contributed by atoms with E-state index < -0.39 is 17.8 Å². The second-order valence-corrected chi connectivity index (χ2v) is 4.89. The van der Waals surface area contributed by atoms with E-state index in [0.29, 0.717) is 5.75 Å². The van der Waals surface area contributed by atoms with Gasteiger partial charge in [0.1, 0.15) is 5.75 Å². The monoisotopic (exact) mass is 322 g/mol. The van der Waals surface area contributed by atoms with Gasteiger partial charge >= 0.3 is 5.97 Å². The molecule has 1 aromatic carbocycles. The topological polar surface area (TPSA) is 93.7 Å². The molecule has 2 N–H and O–H groups in total. The summed E-state index contributed by atoms with van der Waals surface area (Å²) in [4.78, 5) is 34.2. The van der Waals surface area contributed by atoms with Crippen LogP contribution in [0.5, 0.6) is 5.75 Å². The maximum Gasteiger partial charge on any atom is 0.306 e. The standard InChI is InChI=1S/C16H22N2O5/c1-4-22-16(21)9-8-14(19)17-18-15(20)10-23-13-7-5-6-11(2)12(13)3/h5-7H,4,8-10H2,1-3H3,(H,17,19)(H,18,20). The fourth-order valence-corrected chi connectivity index (χ4v) is 1.71. The maximum absolute atomic E-state index is 11.6. The van der Waals surface area contributed by atoms with Crippen molar-refractivity contribution in [1.82, 2.24) is 10.9 Å². The third-order valence-corrected chi connectivity index (χ3v) is 3.12. The zero-order valence-corrected chi connectivity index (χ0v) is 13.6. The van der Waals surface area contributed by atoms with E-state index in [-0.39, 0.29) is 26.1 Å². The summed E-state index contributed by atoms with van der Waals surface area (Å²) >= 11 is 0. The van der Waals surface area contributed by atoms with Crippen LogP contribution in [0.15, 0.2) is 18.2 Å². The van der Waals surface area contributed by atoms with Crippen molar-refractivity contribution in [2.24, 2.45) is 0 Å². The number of rotatable bonds is 7. The first-order valence-corrected chi connectivity index (χ1v) is 7.36. The lowest BCUT2D eigenvalue weighted by Crippen LogP contribution is -2.43. The van der Waals surface area contributed by atoms with Gasteiger partial charge in [0.2, 0.25) is 5.91 Å². The van der Waals surface area contributed by atoms with E-state index in [1.165, 1.54) is 0 Å². The summed E-state index contributed by atoms with van der Waals surface area (Å²) in [5.74, 6) is -0.797. The Balaban J connectivity index is 2.27. The number of hydrogen-bond donors (Lipinski definition) is 2. The molecule has 0 unspecified atom stereocenters. The summed E-state index contributed by atoms with van der Waals surface area (Å²) in [7, 11) is 0. The van der Waals surface area contributed by atoms with Crippen molar-refractivity contribution in [3.63, 3.8) is 0 Å². The van der Waals surface area contributed by atoms with Gasteiger partial charge in [0.05, 0.1) is 13.0 Å². The molecule has 0 aliphatic carbocycles. The maximum atomic E-state index is 11.6. The molecule has 0 saturated heterocycles. The molecule has 0 fully saturated rings. The van der Waals surface area contributed by atoms with E-state index in [9.17, 15) is 14.4 Å². The van der Waals surface area contributed by atoms with Gasteiger partial charge in [-0.2, -0.15) is 0 Å². The van der Waals surface area contributed by atoms with Crippen molar-refractivity contribution >= 4 is 17.8 Å². The Kier molecular flexibility index (Phi) is 7.59. The summed E-state index contributed by atoms with van der Waals surface area (Å²) in [5, 5.41) is 0. The Bertz CT molecular complexity index is 572. The number of aryl methyl sites for hydroxylation is 1. The van der Waals surface area contributed by atoms with Crippen LogP contribution >= 0.6 is 0 Å². The van der Waals surface area contributed by atoms with Crippen molar-refractivity contribution < 1.29 is 23.9 Å². The fourth-order valence-electron chi connectivity index (χ4n) is 1.71. The number of nitrogens with one attached hydrogen (secondary N) is 2. The quantitative estimate of drug-likeness (QED) is 0.580. The lowest BCUT2D eigenvalue weighted by atomic mass is 10.1. The van der Waals surface area contributed by atoms with E-state index in [0.717, 1.165) is 11.1 Å². The predicted octanol–water partition coefficient (Wildman–Crippen LogP) is 1.17. The second-order valence-electron chi connectivity index (χ2n) is 4.89. The zero-order valence-electron chi connectivity index (χ0n) is 13.6. The molecule has 0 bridgehead atoms. The smallest absolute Gasteiger partial charge is 0.306 e. The third kappa shape index (κ3) is 6.82. The minimum Gasteiger partial charge on any atom is -0.483 e. The van der Waals surface area contributed by atoms with Crippen LogP contribution in [0.1, 0.15) is 30.9 Å². The molecular weight excluding hydrogens is 300 g/mol. The number of esters is 1. The molecule has 7 nitrogen and oxygen atoms in total. The summed E-state index contributed by atoms with van der Waals surface area (Å²) in [6, 6.07) is 5.56. The summed E-state index contributed by atoms with van der Waals surface area (Å²) in [6.07, 6.45) is -0.0918. The lowest BCUT2D eigenvalue weighted by Gasteiger charge is -2.11. The molecule has 126 valence electrons. The molecule has 7 heteroatoms. The number of carbonyl (C=O) groups is 3. The molecule has 2 amide bonds. The van der Waals surface area contributed by atoms with Crippen LogP contribution in [0.2, 0.25) is 0 Å². The minimum atomic E-state index is -0.490. The van der Waals surface area contributed by atoms with Gasteiger partial charge in [-0.15, -0.1) is 0 Å². The molecule has 0 aliphatic rings. The Morgan fingerprint density at radius 1 is 1.04 bits per heavy atom. The van der Waals surface area contributed by atoms with E-state index in [1.54, 1.807) is 13.0 Å². The van der Waals surface area contributed by atoms with Gasteiger partial charge in [-0.05, 0) is 38.0 Å². The number of hydrogen-bond acceptors (Lipinski definition) is 5. The Morgan fingerprint density at radius 2 is 1.74 bits per heavy atom. The summed E-state index contributed by atoms with van der Waals surface area (Å²) in [6.45, 7) is 5.59. The third-order valence-electron chi connectivity index (χ3n) is 3.12. The first-order valence-electron chi connectivity index (χ1n) is 7.36. The Labute approximate surface area is 135 Å². The van der Waals surface area contributed by atoms with Crippen LogP contribution in [0.4, 0.5) is 0 Å². The van der Waals surface area contributed by atoms with Gasteiger partial charge in [0, 0.05) is 6.42 Å². The van der Waals surface area contributed by atoms with E-state index in [4.69, 9.17) is 9.47 Å². The van der Waals surface area contributed by atoms with E-state index in [2.05, 4.69) is 10.9 Å². The van der Waals surface area contributed by atoms with Crippen molar-refractivity contribution in [2.75, 3.05) is 13.2 Å². The van der Waals surface area contributed by atoms with Gasteiger partial charge in [-0.3, -0.25) is 25.2 Å². The molecule has 0 spiro atoms. The first kappa shape index (κ1) is 18.5. The number of carbonyl (C=O) groups excluding carboxylic acids is 3. The zero-order chi connectivity index (χ0) is 17.2. The highest BCUT2D eigenvalue weighted by Crippen LogP contribution is 2.20. The molecule has 0 aliphatic heterocycles. The second kappa shape index (κ2) is 9.45. The van der Waals surface area contributed by atoms with Gasteiger partial charge in [0.15, 0.2) is 6.61 Å². The van der Waals surface area contributed by atoms with Crippen LogP contribution in [-0.2, 0) is 19.1 Å². The highest BCUT2D eigenvalue weighted by Gasteiger charge is 2.09. The highest BCUT2D eigenvalue weighted by atomic mass is 16.5. The SMILES string of the molecule is CCOC(=O)CCC(=O)NNC(=O)COc1cccc(C)c1C. The van der Waals surface area contributed by atoms with E-state index >= 15 is 0 Å². The molecule has 0 radical (unpaired) electrons. The van der Waals surface area contributed by atoms with Crippen LogP contribution in [-0.4, -0.2) is 31.0 Å². The molecule has 1 aromatic rings. The summed E-state index contributed by atoms with van der Waals surface area (Å²) in [5.41, 5.74) is 6.46. The van der Waals surface area contributed by atoms with Crippen molar-refractivity contribution in [1.29, 1.82) is 0 Å². The number of ether oxygens (including phenoxy) is 2. The predicted molar refractivity (Wildman–Crippen MR) is 83.6 cm³/mol. The van der Waals surface area contributed by atoms with E-state index in [1.807, 2.05) is 26.0 Å². The average Bonchev–Trinajstić information content (AvgIpc) is 2.52. The minimum absolute atomic E-state index is 0.0332. The molecule has 0 aromatic heterocycles. The van der Waals surface area contributed by atoms with Gasteiger partial charge in [0.25, 0.3) is 5.91 Å². The Morgan fingerprint density at radius 3 is 2.43 bits per heavy atom. The van der Waals surface area contributed by atoms with Crippen LogP contribution < -0.4 is 15.6 Å².